The van der Waals surface area contributed by atoms with Gasteiger partial charge in [-0.1, -0.05) is 218 Å². The predicted octanol–water partition coefficient (Wildman–Crippen LogP) is 17.4. The third kappa shape index (κ3) is 5.12. The van der Waals surface area contributed by atoms with Gasteiger partial charge in [0.25, 0.3) is 0 Å². The van der Waals surface area contributed by atoms with Crippen LogP contribution in [0.15, 0.2) is 265 Å². The molecule has 1 heterocycles. The van der Waals surface area contributed by atoms with Gasteiger partial charge in [0.2, 0.25) is 0 Å². The van der Waals surface area contributed by atoms with Crippen LogP contribution in [0.25, 0.3) is 66.4 Å². The van der Waals surface area contributed by atoms with Crippen molar-refractivity contribution >= 4 is 39.0 Å². The third-order valence-electron chi connectivity index (χ3n) is 15.8. The summed E-state index contributed by atoms with van der Waals surface area (Å²) in [5.41, 5.74) is 24.1. The van der Waals surface area contributed by atoms with Crippen LogP contribution in [0.2, 0.25) is 0 Å². The fourth-order valence-electron chi connectivity index (χ4n) is 13.1. The zero-order valence-electron chi connectivity index (χ0n) is 38.2. The van der Waals surface area contributed by atoms with Crippen molar-refractivity contribution < 1.29 is 4.42 Å². The maximum atomic E-state index is 6.70. The van der Waals surface area contributed by atoms with Crippen molar-refractivity contribution in [3.8, 4) is 44.5 Å². The largest absolute Gasteiger partial charge is 0.456 e. The fraction of sp³-hybridized carbons (Fsp3) is 0.0294. The van der Waals surface area contributed by atoms with Crippen molar-refractivity contribution in [1.82, 2.24) is 0 Å². The van der Waals surface area contributed by atoms with E-state index in [9.17, 15) is 0 Å². The average Bonchev–Trinajstić information content (AvgIpc) is 4.15. The van der Waals surface area contributed by atoms with Gasteiger partial charge in [-0.15, -0.1) is 0 Å². The number of nitrogens with zero attached hydrogens (tertiary/aromatic N) is 1. The Bertz CT molecular complexity index is 3990. The van der Waals surface area contributed by atoms with Crippen molar-refractivity contribution in [3.05, 3.63) is 305 Å². The van der Waals surface area contributed by atoms with Crippen LogP contribution in [-0.2, 0) is 10.8 Å². The number of hydrogen-bond donors (Lipinski definition) is 0. The van der Waals surface area contributed by atoms with E-state index < -0.39 is 10.8 Å². The molecule has 0 amide bonds. The molecule has 3 aliphatic rings. The monoisotopic (exact) mass is 889 g/mol. The highest BCUT2D eigenvalue weighted by molar-refractivity contribution is 6.14. The number of benzene rings is 11. The minimum Gasteiger partial charge on any atom is -0.456 e. The summed E-state index contributed by atoms with van der Waals surface area (Å²) in [6.45, 7) is 0. The standard InChI is InChI=1S/C68H43NO/c1-4-20-44(21-5-1)45-38-40-51-52-41-39-48(43-60(52)67(59(51)42-45,46-22-6-2-7-23-46)47-24-8-3-9-25-47)69(62-35-19-37-64-66(62)54-29-13-17-36-63(54)70-64)61-34-18-33-58-65(61)53-28-12-16-32-57(53)68(58)55-30-14-10-26-49(55)50-27-11-15-31-56(50)68/h1-43H. The van der Waals surface area contributed by atoms with E-state index >= 15 is 0 Å². The minimum atomic E-state index is -0.638. The number of hydrogen-bond acceptors (Lipinski definition) is 2. The highest BCUT2D eigenvalue weighted by Crippen LogP contribution is 2.65. The van der Waals surface area contributed by atoms with E-state index in [4.69, 9.17) is 4.42 Å². The van der Waals surface area contributed by atoms with Crippen LogP contribution < -0.4 is 4.90 Å². The summed E-state index contributed by atoms with van der Waals surface area (Å²) in [6, 6.07) is 96.8. The Labute approximate surface area is 407 Å². The first kappa shape index (κ1) is 39.1. The van der Waals surface area contributed by atoms with E-state index in [2.05, 4.69) is 266 Å². The van der Waals surface area contributed by atoms with Gasteiger partial charge in [0, 0.05) is 16.6 Å². The molecule has 0 radical (unpaired) electrons. The van der Waals surface area contributed by atoms with E-state index in [0.29, 0.717) is 0 Å². The van der Waals surface area contributed by atoms with Crippen molar-refractivity contribution in [2.45, 2.75) is 10.8 Å². The molecule has 70 heavy (non-hydrogen) atoms. The second-order valence-corrected chi connectivity index (χ2v) is 19.0. The molecule has 11 aromatic carbocycles. The summed E-state index contributed by atoms with van der Waals surface area (Å²) in [5, 5.41) is 2.17. The smallest absolute Gasteiger partial charge is 0.137 e. The molecule has 1 spiro atoms. The molecule has 2 nitrogen and oxygen atoms in total. The average molecular weight is 890 g/mol. The zero-order valence-corrected chi connectivity index (χ0v) is 38.2. The summed E-state index contributed by atoms with van der Waals surface area (Å²) in [4.78, 5) is 2.55. The summed E-state index contributed by atoms with van der Waals surface area (Å²) in [7, 11) is 0. The highest BCUT2D eigenvalue weighted by atomic mass is 16.3. The molecule has 326 valence electrons. The third-order valence-corrected chi connectivity index (χ3v) is 15.8. The Hall–Kier alpha value is -8.98. The number of para-hydroxylation sites is 1. The minimum absolute atomic E-state index is 0.499. The lowest BCUT2D eigenvalue weighted by Gasteiger charge is -2.35. The maximum Gasteiger partial charge on any atom is 0.137 e. The molecule has 0 aliphatic heterocycles. The number of furan rings is 1. The lowest BCUT2D eigenvalue weighted by Crippen LogP contribution is -2.29. The Morgan fingerprint density at radius 2 is 0.800 bits per heavy atom. The molecule has 15 rings (SSSR count). The number of rotatable bonds is 6. The van der Waals surface area contributed by atoms with Crippen LogP contribution in [0, 0.1) is 0 Å². The van der Waals surface area contributed by atoms with Crippen molar-refractivity contribution in [1.29, 1.82) is 0 Å². The molecule has 0 fully saturated rings. The van der Waals surface area contributed by atoms with Gasteiger partial charge in [-0.05, 0) is 126 Å². The lowest BCUT2D eigenvalue weighted by molar-refractivity contribution is 0.669. The molecule has 12 aromatic rings. The van der Waals surface area contributed by atoms with E-state index in [1.165, 1.54) is 89.0 Å². The summed E-state index contributed by atoms with van der Waals surface area (Å²) >= 11 is 0. The zero-order chi connectivity index (χ0) is 46.0. The second kappa shape index (κ2) is 14.8. The molecule has 2 heteroatoms. The van der Waals surface area contributed by atoms with Crippen molar-refractivity contribution in [2.24, 2.45) is 0 Å². The van der Waals surface area contributed by atoms with Crippen LogP contribution >= 0.6 is 0 Å². The van der Waals surface area contributed by atoms with Crippen LogP contribution in [-0.4, -0.2) is 0 Å². The fourth-order valence-corrected chi connectivity index (χ4v) is 13.1. The van der Waals surface area contributed by atoms with Gasteiger partial charge in [0.1, 0.15) is 11.2 Å². The van der Waals surface area contributed by atoms with E-state index in [-0.39, 0.29) is 0 Å². The molecule has 0 bridgehead atoms. The topological polar surface area (TPSA) is 16.4 Å². The molecule has 0 saturated heterocycles. The van der Waals surface area contributed by atoms with Gasteiger partial charge in [-0.25, -0.2) is 0 Å². The molecule has 1 aromatic heterocycles. The SMILES string of the molecule is c1ccc(-c2ccc3c(c2)C(c2ccccc2)(c2ccccc2)c2cc(N(c4cccc5c4-c4ccccc4C54c5ccccc5-c5ccccc54)c4cccc5oc6ccccc6c45)ccc2-3)cc1. The van der Waals surface area contributed by atoms with Gasteiger partial charge in [-0.3, -0.25) is 0 Å². The Morgan fingerprint density at radius 3 is 1.50 bits per heavy atom. The highest BCUT2D eigenvalue weighted by Gasteiger charge is 2.53. The Balaban J connectivity index is 1.06. The van der Waals surface area contributed by atoms with Gasteiger partial charge in [0.15, 0.2) is 0 Å². The number of anilines is 3. The van der Waals surface area contributed by atoms with Gasteiger partial charge < -0.3 is 9.32 Å². The normalized spacial score (nSPS) is 13.9. The molecule has 0 unspecified atom stereocenters. The Kier molecular flexibility index (Phi) is 8.24. The molecule has 0 N–H and O–H groups in total. The van der Waals surface area contributed by atoms with Crippen molar-refractivity contribution in [3.63, 3.8) is 0 Å². The van der Waals surface area contributed by atoms with Gasteiger partial charge in [-0.2, -0.15) is 0 Å². The molecule has 3 aliphatic carbocycles. The van der Waals surface area contributed by atoms with Crippen molar-refractivity contribution in [2.75, 3.05) is 4.90 Å². The summed E-state index contributed by atoms with van der Waals surface area (Å²) in [5.74, 6) is 0. The summed E-state index contributed by atoms with van der Waals surface area (Å²) < 4.78 is 6.70. The predicted molar refractivity (Wildman–Crippen MR) is 287 cm³/mol. The maximum absolute atomic E-state index is 6.70. The van der Waals surface area contributed by atoms with Crippen LogP contribution in [0.4, 0.5) is 17.1 Å². The van der Waals surface area contributed by atoms with E-state index in [0.717, 1.165) is 39.0 Å². The van der Waals surface area contributed by atoms with Crippen LogP contribution in [0.5, 0.6) is 0 Å². The Morgan fingerprint density at radius 1 is 0.300 bits per heavy atom. The van der Waals surface area contributed by atoms with Gasteiger partial charge >= 0.3 is 0 Å². The first-order valence-electron chi connectivity index (χ1n) is 24.3. The molecule has 0 saturated carbocycles. The van der Waals surface area contributed by atoms with Crippen LogP contribution in [0.1, 0.15) is 44.5 Å². The molecular weight excluding hydrogens is 847 g/mol. The van der Waals surface area contributed by atoms with E-state index in [1.54, 1.807) is 0 Å². The first-order valence-corrected chi connectivity index (χ1v) is 24.3. The lowest BCUT2D eigenvalue weighted by atomic mass is 9.67. The van der Waals surface area contributed by atoms with E-state index in [1.807, 2.05) is 0 Å². The van der Waals surface area contributed by atoms with Crippen LogP contribution in [0.3, 0.4) is 0 Å². The summed E-state index contributed by atoms with van der Waals surface area (Å²) in [6.07, 6.45) is 0. The first-order chi connectivity index (χ1) is 34.7. The second-order valence-electron chi connectivity index (χ2n) is 19.0. The number of fused-ring (bicyclic) bond motifs is 16. The molecule has 0 atom stereocenters. The van der Waals surface area contributed by atoms with Gasteiger partial charge in [0.05, 0.1) is 27.6 Å². The quantitative estimate of drug-likeness (QED) is 0.165. The molecular formula is C68H43NO.